The molecule has 1 amide bonds. The van der Waals surface area contributed by atoms with Crippen LogP contribution in [-0.4, -0.2) is 12.5 Å². The van der Waals surface area contributed by atoms with E-state index >= 15 is 0 Å². The lowest BCUT2D eigenvalue weighted by atomic mass is 10.2. The quantitative estimate of drug-likeness (QED) is 0.464. The van der Waals surface area contributed by atoms with E-state index in [9.17, 15) is 4.79 Å². The molecule has 0 unspecified atom stereocenters. The molecule has 22 heavy (non-hydrogen) atoms. The van der Waals surface area contributed by atoms with Gasteiger partial charge in [0.05, 0.1) is 6.61 Å². The first-order valence-corrected chi connectivity index (χ1v) is 7.61. The summed E-state index contributed by atoms with van der Waals surface area (Å²) in [6.07, 6.45) is 1.41. The highest BCUT2D eigenvalue weighted by molar-refractivity contribution is 14.1. The molecular weight excluding hydrogens is 395 g/mol. The molecular formula is C16H13IN2O3. The van der Waals surface area contributed by atoms with Crippen molar-refractivity contribution in [1.82, 2.24) is 0 Å². The van der Waals surface area contributed by atoms with Crippen LogP contribution in [0.15, 0.2) is 46.4 Å². The summed E-state index contributed by atoms with van der Waals surface area (Å²) < 4.78 is 11.4. The Morgan fingerprint density at radius 3 is 2.91 bits per heavy atom. The van der Waals surface area contributed by atoms with E-state index in [4.69, 9.17) is 14.4 Å². The second kappa shape index (κ2) is 7.66. The Labute approximate surface area is 141 Å². The fourth-order valence-electron chi connectivity index (χ4n) is 1.73. The van der Waals surface area contributed by atoms with Gasteiger partial charge < -0.3 is 14.5 Å². The summed E-state index contributed by atoms with van der Waals surface area (Å²) in [5.74, 6) is 0.616. The number of carbonyl (C=O) groups excluding carboxylic acids is 1. The van der Waals surface area contributed by atoms with Crippen molar-refractivity contribution in [3.8, 4) is 11.8 Å². The van der Waals surface area contributed by atoms with E-state index in [1.54, 1.807) is 36.4 Å². The SMILES string of the molecule is CCOc1cccc(NC(=O)/C(C#N)=C/c2ccc(I)o2)c1. The minimum atomic E-state index is -0.498. The van der Waals surface area contributed by atoms with E-state index < -0.39 is 5.91 Å². The summed E-state index contributed by atoms with van der Waals surface area (Å²) in [6.45, 7) is 2.42. The van der Waals surface area contributed by atoms with Crippen molar-refractivity contribution in [2.24, 2.45) is 0 Å². The summed E-state index contributed by atoms with van der Waals surface area (Å²) in [5.41, 5.74) is 0.527. The van der Waals surface area contributed by atoms with Crippen molar-refractivity contribution in [1.29, 1.82) is 5.26 Å². The number of halogens is 1. The van der Waals surface area contributed by atoms with Gasteiger partial charge in [-0.1, -0.05) is 6.07 Å². The first-order valence-electron chi connectivity index (χ1n) is 6.53. The zero-order chi connectivity index (χ0) is 15.9. The molecule has 1 aromatic heterocycles. The number of rotatable bonds is 5. The van der Waals surface area contributed by atoms with Crippen LogP contribution in [0.2, 0.25) is 0 Å². The van der Waals surface area contributed by atoms with Crippen molar-refractivity contribution in [3.63, 3.8) is 0 Å². The van der Waals surface area contributed by atoms with Crippen LogP contribution >= 0.6 is 22.6 Å². The van der Waals surface area contributed by atoms with Crippen LogP contribution in [0.5, 0.6) is 5.75 Å². The maximum absolute atomic E-state index is 12.1. The largest absolute Gasteiger partial charge is 0.494 e. The van der Waals surface area contributed by atoms with E-state index in [1.807, 2.05) is 35.6 Å². The van der Waals surface area contributed by atoms with E-state index in [-0.39, 0.29) is 5.57 Å². The third-order valence-corrected chi connectivity index (χ3v) is 3.23. The summed E-state index contributed by atoms with van der Waals surface area (Å²) >= 11 is 2.01. The number of nitrogens with zero attached hydrogens (tertiary/aromatic N) is 1. The van der Waals surface area contributed by atoms with Crippen LogP contribution in [0, 0.1) is 15.1 Å². The van der Waals surface area contributed by atoms with Crippen LogP contribution in [0.25, 0.3) is 6.08 Å². The van der Waals surface area contributed by atoms with Crippen molar-refractivity contribution in [2.75, 3.05) is 11.9 Å². The summed E-state index contributed by atoms with van der Waals surface area (Å²) in [5, 5.41) is 11.8. The number of carbonyl (C=O) groups is 1. The van der Waals surface area contributed by atoms with Gasteiger partial charge in [-0.05, 0) is 53.8 Å². The van der Waals surface area contributed by atoms with Gasteiger partial charge in [-0.2, -0.15) is 5.26 Å². The number of amides is 1. The van der Waals surface area contributed by atoms with Crippen LogP contribution < -0.4 is 10.1 Å². The summed E-state index contributed by atoms with van der Waals surface area (Å²) in [7, 11) is 0. The van der Waals surface area contributed by atoms with E-state index in [1.165, 1.54) is 6.08 Å². The third kappa shape index (κ3) is 4.36. The topological polar surface area (TPSA) is 75.3 Å². The minimum Gasteiger partial charge on any atom is -0.494 e. The van der Waals surface area contributed by atoms with E-state index in [0.717, 1.165) is 0 Å². The first-order chi connectivity index (χ1) is 10.6. The second-order valence-corrected chi connectivity index (χ2v) is 5.29. The molecule has 0 radical (unpaired) electrons. The predicted octanol–water partition coefficient (Wildman–Crippen LogP) is 3.83. The van der Waals surface area contributed by atoms with Crippen LogP contribution in [0.3, 0.4) is 0 Å². The monoisotopic (exact) mass is 408 g/mol. The number of hydrogen-bond donors (Lipinski definition) is 1. The highest BCUT2D eigenvalue weighted by Gasteiger charge is 2.11. The van der Waals surface area contributed by atoms with Crippen LogP contribution in [0.1, 0.15) is 12.7 Å². The first kappa shape index (κ1) is 16.1. The number of anilines is 1. The van der Waals surface area contributed by atoms with Crippen molar-refractivity contribution in [2.45, 2.75) is 6.92 Å². The molecule has 1 heterocycles. The number of benzene rings is 1. The minimum absolute atomic E-state index is 0.0347. The van der Waals surface area contributed by atoms with Gasteiger partial charge in [0, 0.05) is 17.8 Å². The molecule has 0 bridgehead atoms. The highest BCUT2D eigenvalue weighted by atomic mass is 127. The fraction of sp³-hybridized carbons (Fsp3) is 0.125. The number of hydrogen-bond acceptors (Lipinski definition) is 4. The average molecular weight is 408 g/mol. The smallest absolute Gasteiger partial charge is 0.266 e. The molecule has 0 aliphatic heterocycles. The molecule has 1 aromatic carbocycles. The summed E-state index contributed by atoms with van der Waals surface area (Å²) in [4.78, 5) is 12.1. The maximum atomic E-state index is 12.1. The van der Waals surface area contributed by atoms with E-state index in [0.29, 0.717) is 27.6 Å². The zero-order valence-electron chi connectivity index (χ0n) is 11.8. The van der Waals surface area contributed by atoms with Gasteiger partial charge in [-0.3, -0.25) is 4.79 Å². The van der Waals surface area contributed by atoms with Crippen molar-refractivity contribution in [3.05, 3.63) is 51.5 Å². The zero-order valence-corrected chi connectivity index (χ0v) is 14.0. The molecule has 5 nitrogen and oxygen atoms in total. The number of nitriles is 1. The normalized spacial score (nSPS) is 10.9. The molecule has 112 valence electrons. The molecule has 2 aromatic rings. The summed E-state index contributed by atoms with van der Waals surface area (Å²) in [6, 6.07) is 12.3. The number of nitrogens with one attached hydrogen (secondary N) is 1. The Kier molecular flexibility index (Phi) is 5.61. The Balaban J connectivity index is 2.14. The lowest BCUT2D eigenvalue weighted by Crippen LogP contribution is -2.13. The molecule has 1 N–H and O–H groups in total. The van der Waals surface area contributed by atoms with Gasteiger partial charge in [0.15, 0.2) is 3.77 Å². The van der Waals surface area contributed by atoms with E-state index in [2.05, 4.69) is 5.32 Å². The Morgan fingerprint density at radius 2 is 2.27 bits per heavy atom. The lowest BCUT2D eigenvalue weighted by Gasteiger charge is -2.07. The lowest BCUT2D eigenvalue weighted by molar-refractivity contribution is -0.112. The molecule has 0 saturated heterocycles. The van der Waals surface area contributed by atoms with Gasteiger partial charge >= 0.3 is 0 Å². The van der Waals surface area contributed by atoms with Gasteiger partial charge in [-0.15, -0.1) is 0 Å². The molecule has 0 atom stereocenters. The average Bonchev–Trinajstić information content (AvgIpc) is 2.90. The highest BCUT2D eigenvalue weighted by Crippen LogP contribution is 2.19. The van der Waals surface area contributed by atoms with Gasteiger partial charge in [0.1, 0.15) is 23.2 Å². The molecule has 0 aliphatic carbocycles. The Bertz CT molecular complexity index is 744. The molecule has 0 aliphatic rings. The van der Waals surface area contributed by atoms with Crippen LogP contribution in [0.4, 0.5) is 5.69 Å². The number of ether oxygens (including phenoxy) is 1. The molecule has 2 rings (SSSR count). The predicted molar refractivity (Wildman–Crippen MR) is 91.3 cm³/mol. The second-order valence-electron chi connectivity index (χ2n) is 4.23. The molecule has 0 spiro atoms. The third-order valence-electron chi connectivity index (χ3n) is 2.65. The Morgan fingerprint density at radius 1 is 1.45 bits per heavy atom. The van der Waals surface area contributed by atoms with Crippen molar-refractivity contribution >= 4 is 40.3 Å². The molecule has 6 heteroatoms. The maximum Gasteiger partial charge on any atom is 0.266 e. The molecule has 0 fully saturated rings. The van der Waals surface area contributed by atoms with Crippen molar-refractivity contribution < 1.29 is 13.9 Å². The van der Waals surface area contributed by atoms with Gasteiger partial charge in [-0.25, -0.2) is 0 Å². The van der Waals surface area contributed by atoms with Gasteiger partial charge in [0.2, 0.25) is 0 Å². The molecule has 0 saturated carbocycles. The van der Waals surface area contributed by atoms with Gasteiger partial charge in [0.25, 0.3) is 5.91 Å². The fourth-order valence-corrected chi connectivity index (χ4v) is 2.16. The van der Waals surface area contributed by atoms with Crippen LogP contribution in [-0.2, 0) is 4.79 Å². The number of furan rings is 1. The standard InChI is InChI=1S/C16H13IN2O3/c1-2-21-13-5-3-4-12(9-13)19-16(20)11(10-18)8-14-6-7-15(17)22-14/h3-9H,2H2,1H3,(H,19,20)/b11-8+. The Hall–Kier alpha value is -2.27.